The van der Waals surface area contributed by atoms with E-state index in [1.165, 1.54) is 49.8 Å². The van der Waals surface area contributed by atoms with Gasteiger partial charge in [-0.25, -0.2) is 0 Å². The van der Waals surface area contributed by atoms with Crippen molar-refractivity contribution in [3.05, 3.63) is 251 Å². The van der Waals surface area contributed by atoms with Crippen LogP contribution in [0.25, 0.3) is 60.6 Å². The number of aromatic nitrogens is 1. The summed E-state index contributed by atoms with van der Waals surface area (Å²) in [6.45, 7) is 27.4. The van der Waals surface area contributed by atoms with E-state index in [1.807, 2.05) is 0 Å². The van der Waals surface area contributed by atoms with Crippen LogP contribution in [0.3, 0.4) is 0 Å². The molecule has 6 nitrogen and oxygen atoms in total. The van der Waals surface area contributed by atoms with Gasteiger partial charge in [-0.15, -0.1) is 0 Å². The molecule has 1 atom stereocenters. The number of rotatable bonds is 7. The molecule has 10 aromatic carbocycles. The molecule has 13 aromatic rings. The molecule has 15 rings (SSSR count). The Bertz CT molecular complexity index is 4680. The molecule has 0 amide bonds. The molecule has 0 saturated carbocycles. The number of nitrogens with zero attached hydrogens (tertiary/aromatic N) is 4. The maximum Gasteiger partial charge on any atom is 0.213 e. The molecule has 3 aromatic heterocycles. The van der Waals surface area contributed by atoms with Gasteiger partial charge in [-0.05, 0) is 152 Å². The summed E-state index contributed by atoms with van der Waals surface area (Å²) in [5.41, 5.74) is 24.0. The highest BCUT2D eigenvalue weighted by Crippen LogP contribution is 2.61. The van der Waals surface area contributed by atoms with Crippen molar-refractivity contribution in [1.82, 2.24) is 4.57 Å². The second-order valence-electron chi connectivity index (χ2n) is 27.9. The highest BCUT2D eigenvalue weighted by Gasteiger charge is 2.42. The van der Waals surface area contributed by atoms with Crippen LogP contribution in [0, 0.1) is 0 Å². The normalized spacial score (nSPS) is 14.2. The minimum atomic E-state index is -0.155. The first-order chi connectivity index (χ1) is 40.7. The molecule has 85 heavy (non-hydrogen) atoms. The first kappa shape index (κ1) is 52.5. The Kier molecular flexibility index (Phi) is 11.5. The van der Waals surface area contributed by atoms with Gasteiger partial charge in [0.1, 0.15) is 16.7 Å². The van der Waals surface area contributed by atoms with Gasteiger partial charge in [0.05, 0.1) is 44.7 Å². The SMILES string of the molecule is CC(C)(C)c1ccc(N(c2ccc(C(C)(C)C)cc2)c2ccc3c(c2)N(c2cccc4oc5ccccc5c24)c2cc(N(c4ccc(C(C)(C)C)cc4)c4ccc(C(C)(C)C)cc4)cc4c2C3c2cccc3c5c6ccccc6oc5n-4c23)cc1. The van der Waals surface area contributed by atoms with Gasteiger partial charge in [0.25, 0.3) is 0 Å². The standard InChI is InChI=1S/C79H72N4O2/c1-76(2,3)48-27-35-52(36-28-48)80(53-37-29-49(30-38-53)77(4,5)6)56-43-44-58-64(45-56)82(63-23-18-26-69-72(63)60-20-14-15-24-67(60)84-69)65-46-57(81(54-39-31-50(32-40-54)78(7,8)9)55-41-33-51(34-42-55)79(10,11)12)47-66-73(65)70(58)61-21-17-22-62-71-59-19-13-16-25-68(59)85-75(71)83(66)74(61)62/h13-47,70H,1-12H3. The third-order valence-corrected chi connectivity index (χ3v) is 18.2. The monoisotopic (exact) mass is 1110 g/mol. The van der Waals surface area contributed by atoms with E-state index in [-0.39, 0.29) is 27.6 Å². The first-order valence-corrected chi connectivity index (χ1v) is 30.2. The van der Waals surface area contributed by atoms with Gasteiger partial charge < -0.3 is 23.5 Å². The van der Waals surface area contributed by atoms with Crippen LogP contribution in [0.4, 0.5) is 51.2 Å². The molecular weight excluding hydrogens is 1040 g/mol. The smallest absolute Gasteiger partial charge is 0.213 e. The van der Waals surface area contributed by atoms with E-state index in [0.717, 1.165) is 101 Å². The summed E-state index contributed by atoms with van der Waals surface area (Å²) in [5.74, 6) is -0.155. The molecule has 0 N–H and O–H groups in total. The van der Waals surface area contributed by atoms with Crippen molar-refractivity contribution in [3.63, 3.8) is 0 Å². The maximum atomic E-state index is 7.16. The van der Waals surface area contributed by atoms with E-state index in [2.05, 4.69) is 315 Å². The average molecular weight is 1110 g/mol. The van der Waals surface area contributed by atoms with Gasteiger partial charge in [0.2, 0.25) is 5.71 Å². The lowest BCUT2D eigenvalue weighted by Crippen LogP contribution is -2.27. The molecule has 420 valence electrons. The molecule has 0 aliphatic carbocycles. The van der Waals surface area contributed by atoms with Crippen LogP contribution >= 0.6 is 0 Å². The number of fused-ring (bicyclic) bond motifs is 12. The second-order valence-corrected chi connectivity index (χ2v) is 27.9. The molecule has 0 saturated heterocycles. The van der Waals surface area contributed by atoms with E-state index in [4.69, 9.17) is 8.83 Å². The minimum absolute atomic E-state index is 0.00683. The maximum absolute atomic E-state index is 7.16. The van der Waals surface area contributed by atoms with Crippen LogP contribution in [-0.4, -0.2) is 4.57 Å². The Labute approximate surface area is 499 Å². The summed E-state index contributed by atoms with van der Waals surface area (Å²) in [4.78, 5) is 7.47. The molecule has 0 fully saturated rings. The number of hydrogen-bond acceptors (Lipinski definition) is 5. The Morgan fingerprint density at radius 3 is 1.28 bits per heavy atom. The van der Waals surface area contributed by atoms with Gasteiger partial charge in [-0.3, -0.25) is 4.57 Å². The molecular formula is C79H72N4O2. The lowest BCUT2D eigenvalue weighted by Gasteiger charge is -2.43. The predicted octanol–water partition coefficient (Wildman–Crippen LogP) is 22.8. The van der Waals surface area contributed by atoms with Gasteiger partial charge in [-0.1, -0.05) is 198 Å². The van der Waals surface area contributed by atoms with E-state index in [1.54, 1.807) is 0 Å². The molecule has 5 heterocycles. The van der Waals surface area contributed by atoms with Crippen molar-refractivity contribution in [3.8, 4) is 5.69 Å². The highest BCUT2D eigenvalue weighted by molar-refractivity contribution is 6.22. The molecule has 2 aliphatic heterocycles. The fourth-order valence-corrected chi connectivity index (χ4v) is 13.7. The van der Waals surface area contributed by atoms with Gasteiger partial charge in [0, 0.05) is 56.1 Å². The number of hydrogen-bond donors (Lipinski definition) is 0. The van der Waals surface area contributed by atoms with Crippen molar-refractivity contribution in [2.75, 3.05) is 14.7 Å². The zero-order valence-corrected chi connectivity index (χ0v) is 50.9. The summed E-state index contributed by atoms with van der Waals surface area (Å²) in [5, 5.41) is 5.55. The fourth-order valence-electron chi connectivity index (χ4n) is 13.7. The number of benzene rings is 10. The summed E-state index contributed by atoms with van der Waals surface area (Å²) in [7, 11) is 0. The van der Waals surface area contributed by atoms with Gasteiger partial charge >= 0.3 is 0 Å². The van der Waals surface area contributed by atoms with Crippen molar-refractivity contribution in [1.29, 1.82) is 0 Å². The zero-order chi connectivity index (χ0) is 58.6. The third-order valence-electron chi connectivity index (χ3n) is 18.2. The largest absolute Gasteiger partial charge is 0.456 e. The van der Waals surface area contributed by atoms with Crippen LogP contribution in [0.5, 0.6) is 0 Å². The molecule has 0 spiro atoms. The second kappa shape index (κ2) is 18.6. The highest BCUT2D eigenvalue weighted by atomic mass is 16.3. The zero-order valence-electron chi connectivity index (χ0n) is 50.9. The van der Waals surface area contributed by atoms with Gasteiger partial charge in [-0.2, -0.15) is 0 Å². The summed E-state index contributed by atoms with van der Waals surface area (Å²) in [6, 6.07) is 79.5. The summed E-state index contributed by atoms with van der Waals surface area (Å²) < 4.78 is 16.4. The quantitative estimate of drug-likeness (QED) is 0.159. The molecule has 6 heteroatoms. The first-order valence-electron chi connectivity index (χ1n) is 30.2. The van der Waals surface area contributed by atoms with Crippen LogP contribution in [0.2, 0.25) is 0 Å². The number of para-hydroxylation sites is 3. The molecule has 2 aliphatic rings. The fraction of sp³-hybridized carbons (Fsp3) is 0.215. The summed E-state index contributed by atoms with van der Waals surface area (Å²) in [6.07, 6.45) is 0. The third kappa shape index (κ3) is 8.34. The Morgan fingerprint density at radius 1 is 0.329 bits per heavy atom. The van der Waals surface area contributed by atoms with E-state index < -0.39 is 0 Å². The summed E-state index contributed by atoms with van der Waals surface area (Å²) >= 11 is 0. The van der Waals surface area contributed by atoms with Crippen molar-refractivity contribution in [2.24, 2.45) is 0 Å². The predicted molar refractivity (Wildman–Crippen MR) is 358 cm³/mol. The Hall–Kier alpha value is -9.26. The van der Waals surface area contributed by atoms with Crippen LogP contribution in [0.1, 0.15) is 128 Å². The minimum Gasteiger partial charge on any atom is -0.456 e. The lowest BCUT2D eigenvalue weighted by molar-refractivity contribution is 0.590. The van der Waals surface area contributed by atoms with Crippen LogP contribution < -0.4 is 14.7 Å². The topological polar surface area (TPSA) is 40.9 Å². The molecule has 0 bridgehead atoms. The Morgan fingerprint density at radius 2 is 0.753 bits per heavy atom. The van der Waals surface area contributed by atoms with Crippen LogP contribution in [0.15, 0.2) is 221 Å². The van der Waals surface area contributed by atoms with Gasteiger partial charge in [0.15, 0.2) is 0 Å². The van der Waals surface area contributed by atoms with E-state index in [9.17, 15) is 0 Å². The van der Waals surface area contributed by atoms with E-state index in [0.29, 0.717) is 0 Å². The van der Waals surface area contributed by atoms with E-state index >= 15 is 0 Å². The number of furan rings is 2. The van der Waals surface area contributed by atoms with Crippen molar-refractivity contribution in [2.45, 2.75) is 111 Å². The average Bonchev–Trinajstić information content (AvgIpc) is 1.71. The Balaban J connectivity index is 1.07. The van der Waals surface area contributed by atoms with Crippen LogP contribution in [-0.2, 0) is 21.7 Å². The lowest BCUT2D eigenvalue weighted by atomic mass is 9.76. The van der Waals surface area contributed by atoms with Crippen molar-refractivity contribution < 1.29 is 8.83 Å². The molecule has 1 unspecified atom stereocenters. The van der Waals surface area contributed by atoms with Crippen molar-refractivity contribution >= 4 is 106 Å². The molecule has 0 radical (unpaired) electrons. The number of anilines is 9.